The molecule has 0 atom stereocenters. The molecule has 136 valence electrons. The Hall–Kier alpha value is -2.82. The van der Waals surface area contributed by atoms with Gasteiger partial charge in [0.15, 0.2) is 0 Å². The van der Waals surface area contributed by atoms with Crippen LogP contribution in [-0.4, -0.2) is 23.5 Å². The van der Waals surface area contributed by atoms with Crippen molar-refractivity contribution in [2.45, 2.75) is 34.6 Å². The number of nitrogens with one attached hydrogen (secondary N) is 2. The van der Waals surface area contributed by atoms with E-state index in [4.69, 9.17) is 5.73 Å². The predicted molar refractivity (Wildman–Crippen MR) is 109 cm³/mol. The van der Waals surface area contributed by atoms with E-state index in [-0.39, 0.29) is 0 Å². The van der Waals surface area contributed by atoms with E-state index in [0.29, 0.717) is 11.3 Å². The zero-order valence-electron chi connectivity index (χ0n) is 16.1. The Kier molecular flexibility index (Phi) is 11.2. The summed E-state index contributed by atoms with van der Waals surface area (Å²) in [6.45, 7) is 10.0. The Morgan fingerprint density at radius 3 is 2.16 bits per heavy atom. The molecule has 3 rings (SSSR count). The first kappa shape index (κ1) is 22.2. The van der Waals surface area contributed by atoms with Gasteiger partial charge in [-0.1, -0.05) is 27.7 Å². The molecule has 0 saturated heterocycles. The standard InChI is InChI=1S/C9H11N3.C7H7NO.2C2H6/c1-6-8-5-7(10-2)3-4-9(8)12-11-6;8-7-3-1-6(5-9)2-4-7;2*1-2/h3-5,10H,1-2H3,(H,11,12);1-5H,8H2;2*1-2H3. The fourth-order valence-electron chi connectivity index (χ4n) is 1.87. The molecule has 4 N–H and O–H groups in total. The first-order valence-corrected chi connectivity index (χ1v) is 8.57. The van der Waals surface area contributed by atoms with Crippen molar-refractivity contribution in [1.29, 1.82) is 0 Å². The van der Waals surface area contributed by atoms with Crippen LogP contribution in [0.3, 0.4) is 0 Å². The number of aldehydes is 1. The fourth-order valence-corrected chi connectivity index (χ4v) is 1.87. The number of aromatic amines is 1. The number of benzene rings is 2. The molecule has 0 saturated carbocycles. The minimum absolute atomic E-state index is 0.657. The van der Waals surface area contributed by atoms with Gasteiger partial charge in [-0.2, -0.15) is 5.10 Å². The zero-order chi connectivity index (χ0) is 19.2. The highest BCUT2D eigenvalue weighted by Crippen LogP contribution is 2.19. The molecule has 0 fully saturated rings. The van der Waals surface area contributed by atoms with E-state index in [9.17, 15) is 4.79 Å². The average Bonchev–Trinajstić information content (AvgIpc) is 3.06. The number of aromatic nitrogens is 2. The second kappa shape index (κ2) is 12.6. The first-order chi connectivity index (χ1) is 12.1. The summed E-state index contributed by atoms with van der Waals surface area (Å²) in [5, 5.41) is 11.4. The first-order valence-electron chi connectivity index (χ1n) is 8.57. The number of hydrogen-bond donors (Lipinski definition) is 3. The van der Waals surface area contributed by atoms with Crippen LogP contribution in [0.1, 0.15) is 43.7 Å². The van der Waals surface area contributed by atoms with E-state index in [1.165, 1.54) is 5.39 Å². The largest absolute Gasteiger partial charge is 0.399 e. The molecule has 1 heterocycles. The van der Waals surface area contributed by atoms with Crippen LogP contribution in [-0.2, 0) is 0 Å². The molecular formula is C20H30N4O. The van der Waals surface area contributed by atoms with E-state index < -0.39 is 0 Å². The molecular weight excluding hydrogens is 312 g/mol. The second-order valence-electron chi connectivity index (χ2n) is 4.62. The number of rotatable bonds is 2. The van der Waals surface area contributed by atoms with Gasteiger partial charge in [-0.25, -0.2) is 0 Å². The summed E-state index contributed by atoms with van der Waals surface area (Å²) in [7, 11) is 1.91. The number of H-pyrrole nitrogens is 1. The number of carbonyl (C=O) groups is 1. The van der Waals surface area contributed by atoms with Crippen LogP contribution in [0.2, 0.25) is 0 Å². The summed E-state index contributed by atoms with van der Waals surface area (Å²) in [6.07, 6.45) is 0.791. The monoisotopic (exact) mass is 342 g/mol. The Balaban J connectivity index is 0.000000396. The molecule has 0 spiro atoms. The fraction of sp³-hybridized carbons (Fsp3) is 0.300. The minimum Gasteiger partial charge on any atom is -0.399 e. The van der Waals surface area contributed by atoms with Crippen LogP contribution in [0.4, 0.5) is 11.4 Å². The summed E-state index contributed by atoms with van der Waals surface area (Å²) < 4.78 is 0. The number of hydrogen-bond acceptors (Lipinski definition) is 4. The lowest BCUT2D eigenvalue weighted by Gasteiger charge is -1.98. The van der Waals surface area contributed by atoms with Gasteiger partial charge in [0, 0.05) is 35.1 Å². The summed E-state index contributed by atoms with van der Waals surface area (Å²) in [5.41, 5.74) is 9.95. The molecule has 5 heteroatoms. The molecule has 1 aromatic heterocycles. The highest BCUT2D eigenvalue weighted by atomic mass is 16.1. The van der Waals surface area contributed by atoms with Crippen LogP contribution in [0, 0.1) is 6.92 Å². The van der Waals surface area contributed by atoms with Crippen molar-refractivity contribution in [3.63, 3.8) is 0 Å². The third-order valence-corrected chi connectivity index (χ3v) is 3.11. The SMILES string of the molecule is CC.CC.CNc1ccc2n[nH]c(C)c2c1.Nc1ccc(C=O)cc1. The lowest BCUT2D eigenvalue weighted by molar-refractivity contribution is 0.112. The van der Waals surface area contributed by atoms with Crippen molar-refractivity contribution in [2.75, 3.05) is 18.1 Å². The van der Waals surface area contributed by atoms with E-state index in [2.05, 4.69) is 21.6 Å². The second-order valence-corrected chi connectivity index (χ2v) is 4.62. The van der Waals surface area contributed by atoms with Crippen LogP contribution in [0.5, 0.6) is 0 Å². The number of aryl methyl sites for hydroxylation is 1. The Bertz CT molecular complexity index is 733. The van der Waals surface area contributed by atoms with Crippen LogP contribution < -0.4 is 11.1 Å². The van der Waals surface area contributed by atoms with E-state index in [1.807, 2.05) is 53.8 Å². The Morgan fingerprint density at radius 1 is 1.04 bits per heavy atom. The quantitative estimate of drug-likeness (QED) is 0.449. The van der Waals surface area contributed by atoms with Gasteiger partial charge in [0.1, 0.15) is 6.29 Å². The van der Waals surface area contributed by atoms with Crippen LogP contribution in [0.25, 0.3) is 10.9 Å². The highest BCUT2D eigenvalue weighted by molar-refractivity contribution is 5.84. The number of nitrogens with two attached hydrogens (primary N) is 1. The highest BCUT2D eigenvalue weighted by Gasteiger charge is 2.00. The average molecular weight is 342 g/mol. The smallest absolute Gasteiger partial charge is 0.150 e. The van der Waals surface area contributed by atoms with E-state index in [0.717, 1.165) is 23.2 Å². The summed E-state index contributed by atoms with van der Waals surface area (Å²) in [4.78, 5) is 10.1. The van der Waals surface area contributed by atoms with Crippen molar-refractivity contribution in [1.82, 2.24) is 10.2 Å². The molecule has 0 radical (unpaired) electrons. The lowest BCUT2D eigenvalue weighted by Crippen LogP contribution is -1.86. The van der Waals surface area contributed by atoms with Gasteiger partial charge in [-0.3, -0.25) is 9.89 Å². The Morgan fingerprint density at radius 2 is 1.64 bits per heavy atom. The van der Waals surface area contributed by atoms with Crippen LogP contribution >= 0.6 is 0 Å². The molecule has 25 heavy (non-hydrogen) atoms. The van der Waals surface area contributed by atoms with Crippen molar-refractivity contribution < 1.29 is 4.79 Å². The van der Waals surface area contributed by atoms with Crippen molar-refractivity contribution >= 4 is 28.6 Å². The van der Waals surface area contributed by atoms with Gasteiger partial charge in [0.05, 0.1) is 5.52 Å². The van der Waals surface area contributed by atoms with Gasteiger partial charge < -0.3 is 11.1 Å². The topological polar surface area (TPSA) is 83.8 Å². The van der Waals surface area contributed by atoms with Gasteiger partial charge >= 0.3 is 0 Å². The molecule has 3 aromatic rings. The summed E-state index contributed by atoms with van der Waals surface area (Å²) in [5.74, 6) is 0. The number of nitrogen functional groups attached to an aromatic ring is 1. The third-order valence-electron chi connectivity index (χ3n) is 3.11. The summed E-state index contributed by atoms with van der Waals surface area (Å²) >= 11 is 0. The minimum atomic E-state index is 0.657. The van der Waals surface area contributed by atoms with E-state index in [1.54, 1.807) is 24.3 Å². The van der Waals surface area contributed by atoms with Crippen molar-refractivity contribution in [3.8, 4) is 0 Å². The van der Waals surface area contributed by atoms with E-state index >= 15 is 0 Å². The molecule has 0 aliphatic carbocycles. The lowest BCUT2D eigenvalue weighted by atomic mass is 10.2. The molecule has 5 nitrogen and oxygen atoms in total. The Labute approximate surface area is 150 Å². The van der Waals surface area contributed by atoms with Crippen molar-refractivity contribution in [3.05, 3.63) is 53.7 Å². The summed E-state index contributed by atoms with van der Waals surface area (Å²) in [6, 6.07) is 12.9. The molecule has 0 unspecified atom stereocenters. The van der Waals surface area contributed by atoms with Crippen LogP contribution in [0.15, 0.2) is 42.5 Å². The maximum absolute atomic E-state index is 10.1. The number of anilines is 2. The third kappa shape index (κ3) is 7.08. The maximum Gasteiger partial charge on any atom is 0.150 e. The van der Waals surface area contributed by atoms with Gasteiger partial charge in [0.25, 0.3) is 0 Å². The van der Waals surface area contributed by atoms with Crippen molar-refractivity contribution in [2.24, 2.45) is 0 Å². The molecule has 0 aliphatic rings. The molecule has 0 bridgehead atoms. The number of fused-ring (bicyclic) bond motifs is 1. The maximum atomic E-state index is 10.1. The number of carbonyl (C=O) groups excluding carboxylic acids is 1. The van der Waals surface area contributed by atoms with Gasteiger partial charge in [-0.15, -0.1) is 0 Å². The molecule has 0 aliphatic heterocycles. The molecule has 2 aromatic carbocycles. The predicted octanol–water partition coefficient (Wildman–Crippen LogP) is 5.05. The molecule has 0 amide bonds. The number of nitrogens with zero attached hydrogens (tertiary/aromatic N) is 1. The zero-order valence-corrected chi connectivity index (χ0v) is 16.1. The normalized spacial score (nSPS) is 8.72. The van der Waals surface area contributed by atoms with Gasteiger partial charge in [0.2, 0.25) is 0 Å². The van der Waals surface area contributed by atoms with Gasteiger partial charge in [-0.05, 0) is 49.4 Å².